The van der Waals surface area contributed by atoms with Crippen LogP contribution < -0.4 is 5.32 Å². The molecule has 0 aromatic heterocycles. The minimum atomic E-state index is -0.263. The third kappa shape index (κ3) is 5.07. The highest BCUT2D eigenvalue weighted by Crippen LogP contribution is 2.25. The third-order valence-corrected chi connectivity index (χ3v) is 3.49. The van der Waals surface area contributed by atoms with E-state index in [-0.39, 0.29) is 11.3 Å². The lowest BCUT2D eigenvalue weighted by molar-refractivity contribution is -0.129. The van der Waals surface area contributed by atoms with Crippen LogP contribution in [0.4, 0.5) is 0 Å². The van der Waals surface area contributed by atoms with Crippen molar-refractivity contribution in [1.82, 2.24) is 10.2 Å². The number of carbonyl (C=O) groups excluding carboxylic acids is 1. The Kier molecular flexibility index (Phi) is 4.99. The van der Waals surface area contributed by atoms with E-state index >= 15 is 0 Å². The maximum Gasteiger partial charge on any atom is 0.225 e. The molecule has 0 atom stereocenters. The summed E-state index contributed by atoms with van der Waals surface area (Å²) in [6.07, 6.45) is 4.77. The van der Waals surface area contributed by atoms with Crippen LogP contribution in [0.5, 0.6) is 0 Å². The van der Waals surface area contributed by atoms with E-state index < -0.39 is 0 Å². The Hall–Kier alpha value is -0.570. The van der Waals surface area contributed by atoms with Gasteiger partial charge in [0.15, 0.2) is 0 Å². The monoisotopic (exact) mass is 240 g/mol. The lowest BCUT2D eigenvalue weighted by Gasteiger charge is -2.32. The predicted octanol–water partition coefficient (Wildman–Crippen LogP) is 2.27. The van der Waals surface area contributed by atoms with Gasteiger partial charge < -0.3 is 10.2 Å². The molecule has 0 aromatic carbocycles. The van der Waals surface area contributed by atoms with Gasteiger partial charge in [-0.1, -0.05) is 20.8 Å². The van der Waals surface area contributed by atoms with Gasteiger partial charge in [-0.25, -0.2) is 0 Å². The van der Waals surface area contributed by atoms with Gasteiger partial charge >= 0.3 is 0 Å². The topological polar surface area (TPSA) is 32.3 Å². The normalized spacial score (nSPS) is 26.0. The Bertz CT molecular complexity index is 247. The molecule has 0 spiro atoms. The molecule has 1 amide bonds. The summed E-state index contributed by atoms with van der Waals surface area (Å²) in [5.74, 6) is 1.00. The van der Waals surface area contributed by atoms with E-state index in [2.05, 4.69) is 24.3 Å². The van der Waals surface area contributed by atoms with Crippen molar-refractivity contribution in [2.45, 2.75) is 52.5 Å². The molecule has 0 saturated heterocycles. The van der Waals surface area contributed by atoms with Crippen LogP contribution in [0, 0.1) is 11.3 Å². The number of rotatable bonds is 3. The first-order chi connectivity index (χ1) is 7.79. The number of carbonyl (C=O) groups is 1. The summed E-state index contributed by atoms with van der Waals surface area (Å²) >= 11 is 0. The largest absolute Gasteiger partial charge is 0.353 e. The third-order valence-electron chi connectivity index (χ3n) is 3.49. The quantitative estimate of drug-likeness (QED) is 0.821. The van der Waals surface area contributed by atoms with Crippen LogP contribution in [0.25, 0.3) is 0 Å². The van der Waals surface area contributed by atoms with Gasteiger partial charge in [-0.15, -0.1) is 0 Å². The smallest absolute Gasteiger partial charge is 0.225 e. The second-order valence-electron chi connectivity index (χ2n) is 6.70. The average molecular weight is 240 g/mol. The number of nitrogens with one attached hydrogen (secondary N) is 1. The summed E-state index contributed by atoms with van der Waals surface area (Å²) in [5, 5.41) is 3.18. The van der Waals surface area contributed by atoms with E-state index in [4.69, 9.17) is 0 Å². The molecular formula is C14H28N2O. The predicted molar refractivity (Wildman–Crippen MR) is 71.9 cm³/mol. The summed E-state index contributed by atoms with van der Waals surface area (Å²) in [6, 6.07) is 0.403. The first kappa shape index (κ1) is 14.5. The van der Waals surface area contributed by atoms with E-state index in [0.717, 1.165) is 18.8 Å². The first-order valence-electron chi connectivity index (χ1n) is 6.74. The van der Waals surface area contributed by atoms with Crippen molar-refractivity contribution in [3.05, 3.63) is 0 Å². The highest BCUT2D eigenvalue weighted by Gasteiger charge is 2.27. The number of nitrogens with zero attached hydrogens (tertiary/aromatic N) is 1. The standard InChI is InChI=1S/C14H28N2O/c1-14(2,3)13(17)15-12-8-6-11(7-9-12)10-16(4)5/h11-12H,6-10H2,1-5H3,(H,15,17). The van der Waals surface area contributed by atoms with Gasteiger partial charge in [0.05, 0.1) is 0 Å². The zero-order valence-electron chi connectivity index (χ0n) is 12.0. The fourth-order valence-corrected chi connectivity index (χ4v) is 2.41. The maximum absolute atomic E-state index is 11.9. The average Bonchev–Trinajstić information content (AvgIpc) is 2.18. The van der Waals surface area contributed by atoms with Gasteiger partial charge in [0, 0.05) is 18.0 Å². The zero-order chi connectivity index (χ0) is 13.1. The molecule has 0 heterocycles. The molecule has 1 saturated carbocycles. The van der Waals surface area contributed by atoms with Crippen molar-refractivity contribution < 1.29 is 4.79 Å². The number of amides is 1. The van der Waals surface area contributed by atoms with Gasteiger partial charge in [-0.3, -0.25) is 4.79 Å². The Morgan fingerprint density at radius 2 is 1.71 bits per heavy atom. The van der Waals surface area contributed by atoms with E-state index in [9.17, 15) is 4.79 Å². The van der Waals surface area contributed by atoms with Crippen LogP contribution in [0.1, 0.15) is 46.5 Å². The van der Waals surface area contributed by atoms with Crippen LogP contribution in [-0.4, -0.2) is 37.5 Å². The molecule has 3 nitrogen and oxygen atoms in total. The van der Waals surface area contributed by atoms with Crippen LogP contribution >= 0.6 is 0 Å². The molecule has 0 aliphatic heterocycles. The van der Waals surface area contributed by atoms with Crippen molar-refractivity contribution in [3.8, 4) is 0 Å². The molecule has 0 bridgehead atoms. The van der Waals surface area contributed by atoms with Crippen molar-refractivity contribution in [2.75, 3.05) is 20.6 Å². The van der Waals surface area contributed by atoms with E-state index in [1.165, 1.54) is 19.4 Å². The molecule has 1 N–H and O–H groups in total. The Morgan fingerprint density at radius 1 is 1.18 bits per heavy atom. The molecular weight excluding hydrogens is 212 g/mol. The fourth-order valence-electron chi connectivity index (χ4n) is 2.41. The molecule has 1 fully saturated rings. The molecule has 0 radical (unpaired) electrons. The lowest BCUT2D eigenvalue weighted by atomic mass is 9.85. The molecule has 1 aliphatic carbocycles. The molecule has 100 valence electrons. The summed E-state index contributed by atoms with van der Waals surface area (Å²) < 4.78 is 0. The van der Waals surface area contributed by atoms with Gasteiger partial charge in [0.2, 0.25) is 5.91 Å². The van der Waals surface area contributed by atoms with E-state index in [1.807, 2.05) is 20.8 Å². The Labute approximate surface area is 106 Å². The molecule has 17 heavy (non-hydrogen) atoms. The van der Waals surface area contributed by atoms with Crippen LogP contribution in [0.3, 0.4) is 0 Å². The highest BCUT2D eigenvalue weighted by atomic mass is 16.2. The first-order valence-corrected chi connectivity index (χ1v) is 6.74. The van der Waals surface area contributed by atoms with Crippen molar-refractivity contribution in [3.63, 3.8) is 0 Å². The Balaban J connectivity index is 2.30. The van der Waals surface area contributed by atoms with Gasteiger partial charge in [0.25, 0.3) is 0 Å². The second kappa shape index (κ2) is 5.85. The van der Waals surface area contributed by atoms with Crippen LogP contribution in [0.2, 0.25) is 0 Å². The van der Waals surface area contributed by atoms with Gasteiger partial charge in [0.1, 0.15) is 0 Å². The van der Waals surface area contributed by atoms with Crippen molar-refractivity contribution in [2.24, 2.45) is 11.3 Å². The van der Waals surface area contributed by atoms with Crippen molar-refractivity contribution >= 4 is 5.91 Å². The van der Waals surface area contributed by atoms with Gasteiger partial charge in [-0.2, -0.15) is 0 Å². The molecule has 0 unspecified atom stereocenters. The summed E-state index contributed by atoms with van der Waals surface area (Å²) in [4.78, 5) is 14.1. The van der Waals surface area contributed by atoms with Crippen molar-refractivity contribution in [1.29, 1.82) is 0 Å². The summed E-state index contributed by atoms with van der Waals surface area (Å²) in [5.41, 5.74) is -0.263. The highest BCUT2D eigenvalue weighted by molar-refractivity contribution is 5.81. The molecule has 3 heteroatoms. The van der Waals surface area contributed by atoms with E-state index in [0.29, 0.717) is 6.04 Å². The van der Waals surface area contributed by atoms with Crippen LogP contribution in [0.15, 0.2) is 0 Å². The van der Waals surface area contributed by atoms with Gasteiger partial charge in [-0.05, 0) is 45.7 Å². The zero-order valence-corrected chi connectivity index (χ0v) is 12.0. The minimum absolute atomic E-state index is 0.188. The number of hydrogen-bond acceptors (Lipinski definition) is 2. The SMILES string of the molecule is CN(C)CC1CCC(NC(=O)C(C)(C)C)CC1. The number of hydrogen-bond donors (Lipinski definition) is 1. The van der Waals surface area contributed by atoms with Crippen LogP contribution in [-0.2, 0) is 4.79 Å². The Morgan fingerprint density at radius 3 is 2.12 bits per heavy atom. The summed E-state index contributed by atoms with van der Waals surface area (Å²) in [7, 11) is 4.26. The molecule has 0 aromatic rings. The van der Waals surface area contributed by atoms with E-state index in [1.54, 1.807) is 0 Å². The summed E-state index contributed by atoms with van der Waals surface area (Å²) in [6.45, 7) is 7.10. The minimum Gasteiger partial charge on any atom is -0.353 e. The second-order valence-corrected chi connectivity index (χ2v) is 6.70. The molecule has 1 rings (SSSR count). The fraction of sp³-hybridized carbons (Fsp3) is 0.929. The lowest BCUT2D eigenvalue weighted by Crippen LogP contribution is -2.43. The molecule has 1 aliphatic rings. The maximum atomic E-state index is 11.9.